The minimum Gasteiger partial charge on any atom is -0.494 e. The summed E-state index contributed by atoms with van der Waals surface area (Å²) in [5.74, 6) is 1.47. The maximum absolute atomic E-state index is 12.7. The number of benzene rings is 2. The van der Waals surface area contributed by atoms with Gasteiger partial charge >= 0.3 is 5.56 Å². The molecule has 3 aromatic rings. The number of hydrogen-bond donors (Lipinski definition) is 0. The Morgan fingerprint density at radius 1 is 1.12 bits per heavy atom. The first kappa shape index (κ1) is 19.8. The fourth-order valence-electron chi connectivity index (χ4n) is 2.91. The molecule has 0 saturated heterocycles. The van der Waals surface area contributed by atoms with Crippen LogP contribution in [-0.2, 0) is 13.6 Å². The molecule has 0 radical (unpaired) electrons. The molecule has 0 unspecified atom stereocenters. The molecule has 0 N–H and O–H groups in total. The largest absolute Gasteiger partial charge is 0.494 e. The molecule has 0 aliphatic heterocycles. The second kappa shape index (κ2) is 8.27. The third-order valence-electron chi connectivity index (χ3n) is 4.39. The second-order valence-electron chi connectivity index (χ2n) is 5.90. The van der Waals surface area contributed by atoms with Gasteiger partial charge in [0.15, 0.2) is 6.54 Å². The smallest absolute Gasteiger partial charge is 0.345 e. The summed E-state index contributed by atoms with van der Waals surface area (Å²) in [5.41, 5.74) is 1.33. The molecule has 0 aliphatic rings. The molecule has 0 saturated carbocycles. The second-order valence-corrected chi connectivity index (χ2v) is 5.90. The number of Topliss-reactive ketones (excluding diaryl/α,β-unsaturated/α-hetero) is 1. The molecule has 0 aliphatic carbocycles. The Morgan fingerprint density at radius 2 is 1.77 bits per heavy atom. The Morgan fingerprint density at radius 3 is 2.42 bits per heavy atom. The molecule has 0 amide bonds. The van der Waals surface area contributed by atoms with Gasteiger partial charge in [-0.05, 0) is 43.3 Å². The van der Waals surface area contributed by atoms with Crippen LogP contribution in [0, 0.1) is 6.92 Å². The lowest BCUT2D eigenvalue weighted by Gasteiger charge is -2.10. The topological polar surface area (TPSA) is 52.2 Å². The summed E-state index contributed by atoms with van der Waals surface area (Å²) in [6, 6.07) is 14.5. The molecule has 26 heavy (non-hydrogen) atoms. The predicted octanol–water partition coefficient (Wildman–Crippen LogP) is 2.99. The lowest BCUT2D eigenvalue weighted by Crippen LogP contribution is -2.47. The van der Waals surface area contributed by atoms with E-state index in [0.717, 1.165) is 17.1 Å². The summed E-state index contributed by atoms with van der Waals surface area (Å²) in [5, 5.41) is 0.607. The van der Waals surface area contributed by atoms with Crippen LogP contribution in [0.5, 0.6) is 5.75 Å². The van der Waals surface area contributed by atoms with E-state index in [0.29, 0.717) is 17.6 Å². The Kier molecular flexibility index (Phi) is 6.32. The van der Waals surface area contributed by atoms with E-state index in [2.05, 4.69) is 0 Å². The van der Waals surface area contributed by atoms with E-state index in [-0.39, 0.29) is 34.9 Å². The van der Waals surface area contributed by atoms with Crippen molar-refractivity contribution in [2.45, 2.75) is 20.4 Å². The first-order chi connectivity index (χ1) is 12.0. The zero-order valence-corrected chi connectivity index (χ0v) is 16.8. The number of para-hydroxylation sites is 1. The van der Waals surface area contributed by atoms with Crippen molar-refractivity contribution in [3.8, 4) is 5.75 Å². The number of rotatable bonds is 5. The fraction of sp³-hybridized carbons (Fsp3) is 0.250. The van der Waals surface area contributed by atoms with Gasteiger partial charge in [0.2, 0.25) is 5.78 Å². The first-order valence-electron chi connectivity index (χ1n) is 8.27. The molecule has 3 rings (SSSR count). The van der Waals surface area contributed by atoms with Crippen molar-refractivity contribution in [1.29, 1.82) is 0 Å². The summed E-state index contributed by atoms with van der Waals surface area (Å²) in [6.45, 7) is 4.53. The van der Waals surface area contributed by atoms with Crippen molar-refractivity contribution < 1.29 is 14.1 Å². The highest BCUT2D eigenvalue weighted by Gasteiger charge is 2.20. The van der Waals surface area contributed by atoms with Crippen LogP contribution in [0.3, 0.4) is 0 Å². The van der Waals surface area contributed by atoms with Gasteiger partial charge in [-0.3, -0.25) is 4.79 Å². The lowest BCUT2D eigenvalue weighted by molar-refractivity contribution is -0.668. The maximum Gasteiger partial charge on any atom is 0.345 e. The number of nitrogens with zero attached hydrogens (tertiary/aromatic N) is 2. The van der Waals surface area contributed by atoms with Crippen molar-refractivity contribution >= 4 is 33.7 Å². The van der Waals surface area contributed by atoms with Crippen LogP contribution < -0.4 is 14.9 Å². The summed E-state index contributed by atoms with van der Waals surface area (Å²) >= 11 is 0. The monoisotopic (exact) mass is 417 g/mol. The van der Waals surface area contributed by atoms with Crippen LogP contribution >= 0.6 is 17.0 Å². The van der Waals surface area contributed by atoms with Crippen molar-refractivity contribution in [3.05, 3.63) is 70.3 Å². The standard InChI is InChI=1S/C20H21N2O3.BrH/c1-4-25-16-11-9-15(10-12-16)19(23)13-22-14(2)21(3)20(24)17-7-5-6-8-18(17)22;/h5-12H,4,13H2,1-3H3;1H/q+1;. The number of carbonyl (C=O) groups excluding carboxylic acids is 1. The van der Waals surface area contributed by atoms with Crippen LogP contribution in [0.2, 0.25) is 0 Å². The van der Waals surface area contributed by atoms with Gasteiger partial charge in [0, 0.05) is 12.5 Å². The zero-order chi connectivity index (χ0) is 18.0. The minimum absolute atomic E-state index is 0. The van der Waals surface area contributed by atoms with Crippen molar-refractivity contribution in [2.24, 2.45) is 7.05 Å². The Hall–Kier alpha value is -2.47. The highest BCUT2D eigenvalue weighted by Crippen LogP contribution is 2.13. The Balaban J connectivity index is 0.00000243. The van der Waals surface area contributed by atoms with Crippen LogP contribution in [0.25, 0.3) is 10.9 Å². The third kappa shape index (κ3) is 3.70. The normalized spacial score (nSPS) is 10.4. The molecular weight excluding hydrogens is 396 g/mol. The zero-order valence-electron chi connectivity index (χ0n) is 15.1. The van der Waals surface area contributed by atoms with Crippen LogP contribution in [0.15, 0.2) is 53.3 Å². The van der Waals surface area contributed by atoms with Crippen LogP contribution in [0.4, 0.5) is 0 Å². The highest BCUT2D eigenvalue weighted by atomic mass is 79.9. The Bertz CT molecular complexity index is 994. The fourth-order valence-corrected chi connectivity index (χ4v) is 2.91. The van der Waals surface area contributed by atoms with Gasteiger partial charge in [-0.2, -0.15) is 4.57 Å². The van der Waals surface area contributed by atoms with E-state index in [1.165, 1.54) is 0 Å². The number of ketones is 1. The summed E-state index contributed by atoms with van der Waals surface area (Å²) < 4.78 is 8.87. The molecule has 5 nitrogen and oxygen atoms in total. The van der Waals surface area contributed by atoms with Crippen molar-refractivity contribution in [1.82, 2.24) is 4.57 Å². The van der Waals surface area contributed by atoms with Gasteiger partial charge in [0.25, 0.3) is 5.82 Å². The molecule has 1 aromatic heterocycles. The molecule has 0 atom stereocenters. The number of carbonyl (C=O) groups is 1. The molecule has 0 fully saturated rings. The van der Waals surface area contributed by atoms with E-state index >= 15 is 0 Å². The van der Waals surface area contributed by atoms with Crippen LogP contribution in [-0.4, -0.2) is 17.0 Å². The number of hydrogen-bond acceptors (Lipinski definition) is 3. The van der Waals surface area contributed by atoms with Crippen molar-refractivity contribution in [3.63, 3.8) is 0 Å². The lowest BCUT2D eigenvalue weighted by atomic mass is 10.1. The molecule has 136 valence electrons. The summed E-state index contributed by atoms with van der Waals surface area (Å²) in [7, 11) is 1.72. The van der Waals surface area contributed by atoms with E-state index in [1.54, 1.807) is 41.9 Å². The van der Waals surface area contributed by atoms with Gasteiger partial charge in [-0.25, -0.2) is 9.36 Å². The third-order valence-corrected chi connectivity index (χ3v) is 4.39. The van der Waals surface area contributed by atoms with Gasteiger partial charge in [0.1, 0.15) is 16.7 Å². The average Bonchev–Trinajstić information content (AvgIpc) is 2.64. The van der Waals surface area contributed by atoms with Gasteiger partial charge in [-0.1, -0.05) is 12.1 Å². The van der Waals surface area contributed by atoms with Gasteiger partial charge < -0.3 is 4.74 Å². The van der Waals surface area contributed by atoms with Crippen LogP contribution in [0.1, 0.15) is 23.1 Å². The maximum atomic E-state index is 12.7. The first-order valence-corrected chi connectivity index (χ1v) is 8.27. The van der Waals surface area contributed by atoms with Crippen molar-refractivity contribution in [2.75, 3.05) is 6.61 Å². The van der Waals surface area contributed by atoms with E-state index in [4.69, 9.17) is 4.74 Å². The SMILES string of the molecule is Br.CCOc1ccc(C(=O)C[n+]2c(C)n(C)c(=O)c3ccccc32)cc1. The molecule has 6 heteroatoms. The molecule has 2 aromatic carbocycles. The molecular formula is C20H22BrN2O3+. The number of fused-ring (bicyclic) bond motifs is 1. The Labute approximate surface area is 162 Å². The van der Waals surface area contributed by atoms with E-state index in [9.17, 15) is 9.59 Å². The average molecular weight is 418 g/mol. The predicted molar refractivity (Wildman–Crippen MR) is 106 cm³/mol. The van der Waals surface area contributed by atoms with E-state index in [1.807, 2.05) is 36.6 Å². The molecule has 0 bridgehead atoms. The van der Waals surface area contributed by atoms with Gasteiger partial charge in [0.05, 0.1) is 13.7 Å². The quantitative estimate of drug-likeness (QED) is 0.473. The van der Waals surface area contributed by atoms with Gasteiger partial charge in [-0.15, -0.1) is 17.0 Å². The summed E-state index contributed by atoms with van der Waals surface area (Å²) in [4.78, 5) is 25.1. The highest BCUT2D eigenvalue weighted by molar-refractivity contribution is 8.93. The van der Waals surface area contributed by atoms with E-state index < -0.39 is 0 Å². The minimum atomic E-state index is -0.0575. The number of aromatic nitrogens is 2. The number of ether oxygens (including phenoxy) is 1. The number of halogens is 1. The summed E-state index contributed by atoms with van der Waals surface area (Å²) in [6.07, 6.45) is 0. The molecule has 0 spiro atoms. The molecule has 1 heterocycles.